The summed E-state index contributed by atoms with van der Waals surface area (Å²) in [7, 11) is 0. The molecule has 0 aliphatic heterocycles. The Morgan fingerprint density at radius 3 is 2.50 bits per heavy atom. The van der Waals surface area contributed by atoms with Crippen molar-refractivity contribution >= 4 is 56.6 Å². The van der Waals surface area contributed by atoms with Crippen LogP contribution in [0.4, 0.5) is 5.69 Å². The summed E-state index contributed by atoms with van der Waals surface area (Å²) in [6, 6.07) is 11.5. The lowest BCUT2D eigenvalue weighted by Gasteiger charge is -2.06. The van der Waals surface area contributed by atoms with Crippen LogP contribution >= 0.6 is 50.9 Å². The standard InChI is InChI=1S/C13H10BrCl2NS/c14-9-2-4-13(12(17)6-9)18-7-8-1-3-10(15)11(16)5-8/h1-6H,7,17H2. The van der Waals surface area contributed by atoms with Gasteiger partial charge in [-0.1, -0.05) is 45.2 Å². The zero-order valence-electron chi connectivity index (χ0n) is 9.29. The van der Waals surface area contributed by atoms with Gasteiger partial charge in [-0.3, -0.25) is 0 Å². The van der Waals surface area contributed by atoms with Crippen molar-refractivity contribution in [3.8, 4) is 0 Å². The lowest BCUT2D eigenvalue weighted by Crippen LogP contribution is -1.89. The van der Waals surface area contributed by atoms with Gasteiger partial charge in [0.05, 0.1) is 10.0 Å². The number of anilines is 1. The SMILES string of the molecule is Nc1cc(Br)ccc1SCc1ccc(Cl)c(Cl)c1. The summed E-state index contributed by atoms with van der Waals surface area (Å²) in [6.07, 6.45) is 0. The van der Waals surface area contributed by atoms with Crippen molar-refractivity contribution in [2.24, 2.45) is 0 Å². The lowest BCUT2D eigenvalue weighted by atomic mass is 10.2. The maximum absolute atomic E-state index is 5.98. The van der Waals surface area contributed by atoms with Crippen LogP contribution in [-0.2, 0) is 5.75 Å². The van der Waals surface area contributed by atoms with Crippen molar-refractivity contribution in [3.63, 3.8) is 0 Å². The largest absolute Gasteiger partial charge is 0.398 e. The number of thioether (sulfide) groups is 1. The van der Waals surface area contributed by atoms with E-state index in [1.54, 1.807) is 11.8 Å². The fraction of sp³-hybridized carbons (Fsp3) is 0.0769. The van der Waals surface area contributed by atoms with Crippen molar-refractivity contribution in [2.45, 2.75) is 10.6 Å². The van der Waals surface area contributed by atoms with Crippen LogP contribution < -0.4 is 5.73 Å². The molecule has 94 valence electrons. The van der Waals surface area contributed by atoms with Gasteiger partial charge in [0.2, 0.25) is 0 Å². The van der Waals surface area contributed by atoms with Crippen LogP contribution in [0.25, 0.3) is 0 Å². The minimum atomic E-state index is 0.577. The molecule has 2 rings (SSSR count). The number of nitrogen functional groups attached to an aromatic ring is 1. The molecule has 0 fully saturated rings. The fourth-order valence-electron chi connectivity index (χ4n) is 1.44. The van der Waals surface area contributed by atoms with Gasteiger partial charge in [-0.2, -0.15) is 0 Å². The Bertz CT molecular complexity index is 575. The number of benzene rings is 2. The molecule has 0 spiro atoms. The molecule has 1 nitrogen and oxygen atoms in total. The van der Waals surface area contributed by atoms with Crippen LogP contribution in [0.15, 0.2) is 45.8 Å². The highest BCUT2D eigenvalue weighted by atomic mass is 79.9. The Morgan fingerprint density at radius 1 is 1.06 bits per heavy atom. The summed E-state index contributed by atoms with van der Waals surface area (Å²) >= 11 is 16.9. The molecule has 0 bridgehead atoms. The van der Waals surface area contributed by atoms with Gasteiger partial charge in [0.1, 0.15) is 0 Å². The summed E-state index contributed by atoms with van der Waals surface area (Å²) in [4.78, 5) is 1.06. The van der Waals surface area contributed by atoms with E-state index in [4.69, 9.17) is 28.9 Å². The van der Waals surface area contributed by atoms with Crippen LogP contribution in [-0.4, -0.2) is 0 Å². The zero-order valence-corrected chi connectivity index (χ0v) is 13.2. The third kappa shape index (κ3) is 3.58. The van der Waals surface area contributed by atoms with Crippen molar-refractivity contribution < 1.29 is 0 Å². The van der Waals surface area contributed by atoms with Gasteiger partial charge < -0.3 is 5.73 Å². The molecule has 0 saturated heterocycles. The zero-order chi connectivity index (χ0) is 13.1. The van der Waals surface area contributed by atoms with E-state index >= 15 is 0 Å². The van der Waals surface area contributed by atoms with E-state index in [-0.39, 0.29) is 0 Å². The highest BCUT2D eigenvalue weighted by molar-refractivity contribution is 9.10. The monoisotopic (exact) mass is 361 g/mol. The Balaban J connectivity index is 2.09. The molecule has 0 heterocycles. The predicted molar refractivity (Wildman–Crippen MR) is 84.6 cm³/mol. The Hall–Kier alpha value is -0.350. The van der Waals surface area contributed by atoms with Gasteiger partial charge in [-0.15, -0.1) is 11.8 Å². The summed E-state index contributed by atoms with van der Waals surface area (Å²) in [6.45, 7) is 0. The van der Waals surface area contributed by atoms with E-state index in [1.807, 2.05) is 36.4 Å². The molecule has 0 atom stereocenters. The topological polar surface area (TPSA) is 26.0 Å². The Kier molecular flexibility index (Phi) is 4.84. The molecule has 0 radical (unpaired) electrons. The molecule has 18 heavy (non-hydrogen) atoms. The van der Waals surface area contributed by atoms with Crippen molar-refractivity contribution in [3.05, 3.63) is 56.5 Å². The van der Waals surface area contributed by atoms with Crippen molar-refractivity contribution in [1.82, 2.24) is 0 Å². The summed E-state index contributed by atoms with van der Waals surface area (Å²) in [5.74, 6) is 0.808. The van der Waals surface area contributed by atoms with Gasteiger partial charge >= 0.3 is 0 Å². The molecule has 0 saturated carbocycles. The van der Waals surface area contributed by atoms with E-state index < -0.39 is 0 Å². The smallest absolute Gasteiger partial charge is 0.0595 e. The Labute approximate surface area is 129 Å². The van der Waals surface area contributed by atoms with Crippen LogP contribution in [0.2, 0.25) is 10.0 Å². The van der Waals surface area contributed by atoms with E-state index in [1.165, 1.54) is 0 Å². The van der Waals surface area contributed by atoms with Crippen LogP contribution in [0.3, 0.4) is 0 Å². The molecule has 2 aromatic rings. The summed E-state index contributed by atoms with van der Waals surface area (Å²) in [5.41, 5.74) is 7.84. The average Bonchev–Trinajstić information content (AvgIpc) is 2.32. The van der Waals surface area contributed by atoms with E-state index in [9.17, 15) is 0 Å². The molecule has 0 aromatic heterocycles. The highest BCUT2D eigenvalue weighted by Crippen LogP contribution is 2.31. The van der Waals surface area contributed by atoms with Crippen LogP contribution in [0.1, 0.15) is 5.56 Å². The summed E-state index contributed by atoms with van der Waals surface area (Å²) in [5, 5.41) is 1.16. The molecule has 5 heteroatoms. The van der Waals surface area contributed by atoms with Gasteiger partial charge in [0.25, 0.3) is 0 Å². The number of rotatable bonds is 3. The highest BCUT2D eigenvalue weighted by Gasteiger charge is 2.03. The number of halogens is 3. The lowest BCUT2D eigenvalue weighted by molar-refractivity contribution is 1.38. The molecular formula is C13H10BrCl2NS. The van der Waals surface area contributed by atoms with Crippen LogP contribution in [0, 0.1) is 0 Å². The minimum absolute atomic E-state index is 0.577. The minimum Gasteiger partial charge on any atom is -0.398 e. The number of nitrogens with two attached hydrogens (primary N) is 1. The van der Waals surface area contributed by atoms with E-state index in [0.717, 1.165) is 26.4 Å². The average molecular weight is 363 g/mol. The van der Waals surface area contributed by atoms with E-state index in [2.05, 4.69) is 15.9 Å². The predicted octanol–water partition coefficient (Wildman–Crippen LogP) is 5.63. The van der Waals surface area contributed by atoms with Crippen LogP contribution in [0.5, 0.6) is 0 Å². The molecule has 2 aromatic carbocycles. The second-order valence-corrected chi connectivity index (χ2v) is 6.47. The van der Waals surface area contributed by atoms with Gasteiger partial charge in [0, 0.05) is 20.8 Å². The molecular weight excluding hydrogens is 353 g/mol. The second-order valence-electron chi connectivity index (χ2n) is 3.72. The van der Waals surface area contributed by atoms with Gasteiger partial charge in [0.15, 0.2) is 0 Å². The molecule has 0 aliphatic rings. The molecule has 0 amide bonds. The third-order valence-electron chi connectivity index (χ3n) is 2.35. The maximum atomic E-state index is 5.98. The number of hydrogen-bond acceptors (Lipinski definition) is 2. The van der Waals surface area contributed by atoms with Crippen molar-refractivity contribution in [2.75, 3.05) is 5.73 Å². The first kappa shape index (κ1) is 14.1. The first-order valence-corrected chi connectivity index (χ1v) is 7.71. The summed E-state index contributed by atoms with van der Waals surface area (Å²) < 4.78 is 0.985. The third-order valence-corrected chi connectivity index (χ3v) is 4.74. The normalized spacial score (nSPS) is 10.6. The first-order chi connectivity index (χ1) is 8.56. The van der Waals surface area contributed by atoms with Gasteiger partial charge in [-0.25, -0.2) is 0 Å². The molecule has 2 N–H and O–H groups in total. The van der Waals surface area contributed by atoms with Gasteiger partial charge in [-0.05, 0) is 35.9 Å². The fourth-order valence-corrected chi connectivity index (χ4v) is 3.03. The van der Waals surface area contributed by atoms with E-state index in [0.29, 0.717) is 10.0 Å². The maximum Gasteiger partial charge on any atom is 0.0595 e. The van der Waals surface area contributed by atoms with Crippen molar-refractivity contribution in [1.29, 1.82) is 0 Å². The number of hydrogen-bond donors (Lipinski definition) is 1. The Morgan fingerprint density at radius 2 is 1.83 bits per heavy atom. The quantitative estimate of drug-likeness (QED) is 0.565. The molecule has 0 unspecified atom stereocenters. The first-order valence-electron chi connectivity index (χ1n) is 5.18. The molecule has 0 aliphatic carbocycles. The second kappa shape index (κ2) is 6.20.